The zero-order valence-electron chi connectivity index (χ0n) is 11.0. The first-order valence-electron chi connectivity index (χ1n) is 6.30. The second-order valence-corrected chi connectivity index (χ2v) is 5.05. The minimum atomic E-state index is 0.405. The molecule has 1 heterocycles. The molecule has 0 aliphatic heterocycles. The molecule has 0 saturated heterocycles. The lowest BCUT2D eigenvalue weighted by Crippen LogP contribution is -1.99. The highest BCUT2D eigenvalue weighted by molar-refractivity contribution is 6.17. The van der Waals surface area contributed by atoms with E-state index in [1.807, 2.05) is 0 Å². The van der Waals surface area contributed by atoms with Gasteiger partial charge in [0.05, 0.1) is 16.9 Å². The van der Waals surface area contributed by atoms with Gasteiger partial charge in [-0.25, -0.2) is 4.98 Å². The van der Waals surface area contributed by atoms with Gasteiger partial charge in [-0.15, -0.1) is 11.6 Å². The topological polar surface area (TPSA) is 17.8 Å². The smallest absolute Gasteiger partial charge is 0.129 e. The van der Waals surface area contributed by atoms with E-state index >= 15 is 0 Å². The molecule has 0 saturated carbocycles. The molecule has 0 amide bonds. The van der Waals surface area contributed by atoms with Crippen molar-refractivity contribution in [2.24, 2.45) is 0 Å². The third-order valence-corrected chi connectivity index (χ3v) is 3.57. The molecule has 3 heteroatoms. The molecule has 0 atom stereocenters. The first-order valence-corrected chi connectivity index (χ1v) is 6.84. The molecule has 0 aliphatic rings. The van der Waals surface area contributed by atoms with E-state index in [0.717, 1.165) is 22.5 Å². The molecule has 3 rings (SSSR count). The van der Waals surface area contributed by atoms with Crippen LogP contribution in [0, 0.1) is 13.8 Å². The van der Waals surface area contributed by atoms with Crippen molar-refractivity contribution >= 4 is 22.6 Å². The van der Waals surface area contributed by atoms with Gasteiger partial charge in [-0.3, -0.25) is 4.57 Å². The Bertz CT molecular complexity index is 744. The third-order valence-electron chi connectivity index (χ3n) is 3.34. The van der Waals surface area contributed by atoms with Crippen LogP contribution >= 0.6 is 11.6 Å². The quantitative estimate of drug-likeness (QED) is 0.632. The van der Waals surface area contributed by atoms with Gasteiger partial charge in [0.15, 0.2) is 0 Å². The molecule has 0 spiro atoms. The van der Waals surface area contributed by atoms with Crippen LogP contribution in [0.15, 0.2) is 42.5 Å². The van der Waals surface area contributed by atoms with Crippen LogP contribution < -0.4 is 0 Å². The number of hydrogen-bond acceptors (Lipinski definition) is 1. The molecule has 96 valence electrons. The van der Waals surface area contributed by atoms with Gasteiger partial charge in [-0.1, -0.05) is 24.3 Å². The first kappa shape index (κ1) is 12.2. The summed E-state index contributed by atoms with van der Waals surface area (Å²) in [5, 5.41) is 0. The Morgan fingerprint density at radius 2 is 1.89 bits per heavy atom. The van der Waals surface area contributed by atoms with Crippen LogP contribution in [0.3, 0.4) is 0 Å². The van der Waals surface area contributed by atoms with E-state index in [1.165, 1.54) is 11.1 Å². The van der Waals surface area contributed by atoms with Crippen LogP contribution in [0.1, 0.15) is 17.0 Å². The summed E-state index contributed by atoms with van der Waals surface area (Å²) in [6.07, 6.45) is 0. The molecular weight excluding hydrogens is 256 g/mol. The fourth-order valence-corrected chi connectivity index (χ4v) is 2.61. The predicted octanol–water partition coefficient (Wildman–Crippen LogP) is 4.38. The number of para-hydroxylation sites is 1. The Kier molecular flexibility index (Phi) is 3.03. The zero-order valence-corrected chi connectivity index (χ0v) is 11.8. The Labute approximate surface area is 117 Å². The van der Waals surface area contributed by atoms with E-state index < -0.39 is 0 Å². The number of aryl methyl sites for hydroxylation is 2. The summed E-state index contributed by atoms with van der Waals surface area (Å²) in [5.41, 5.74) is 5.66. The number of halogens is 1. The van der Waals surface area contributed by atoms with E-state index in [1.54, 1.807) is 0 Å². The molecule has 2 aromatic carbocycles. The summed E-state index contributed by atoms with van der Waals surface area (Å²) in [6, 6.07) is 14.6. The average Bonchev–Trinajstić information content (AvgIpc) is 2.78. The Hall–Kier alpha value is -1.80. The number of rotatable bonds is 2. The molecule has 0 unspecified atom stereocenters. The van der Waals surface area contributed by atoms with Crippen molar-refractivity contribution < 1.29 is 0 Å². The number of benzene rings is 2. The molecule has 0 bridgehead atoms. The maximum atomic E-state index is 6.06. The molecule has 0 N–H and O–H groups in total. The predicted molar refractivity (Wildman–Crippen MR) is 80.1 cm³/mol. The summed E-state index contributed by atoms with van der Waals surface area (Å²) in [4.78, 5) is 4.67. The van der Waals surface area contributed by atoms with E-state index in [0.29, 0.717) is 5.88 Å². The molecule has 0 fully saturated rings. The molecule has 2 nitrogen and oxygen atoms in total. The molecule has 1 aromatic heterocycles. The van der Waals surface area contributed by atoms with E-state index in [-0.39, 0.29) is 0 Å². The van der Waals surface area contributed by atoms with Gasteiger partial charge in [-0.05, 0) is 43.2 Å². The van der Waals surface area contributed by atoms with Gasteiger partial charge in [0, 0.05) is 5.69 Å². The first-order chi connectivity index (χ1) is 9.20. The maximum absolute atomic E-state index is 6.06. The number of aromatic nitrogens is 2. The fourth-order valence-electron chi connectivity index (χ4n) is 2.43. The van der Waals surface area contributed by atoms with Crippen LogP contribution in [0.4, 0.5) is 0 Å². The van der Waals surface area contributed by atoms with Crippen LogP contribution in [0.5, 0.6) is 0 Å². The van der Waals surface area contributed by atoms with E-state index in [9.17, 15) is 0 Å². The molecular formula is C16H15ClN2. The molecule has 0 radical (unpaired) electrons. The number of nitrogens with zero attached hydrogens (tertiary/aromatic N) is 2. The highest BCUT2D eigenvalue weighted by Gasteiger charge is 2.12. The molecule has 0 aliphatic carbocycles. The van der Waals surface area contributed by atoms with Crippen molar-refractivity contribution in [2.45, 2.75) is 19.7 Å². The van der Waals surface area contributed by atoms with Crippen molar-refractivity contribution in [3.63, 3.8) is 0 Å². The lowest BCUT2D eigenvalue weighted by Gasteiger charge is -2.08. The van der Waals surface area contributed by atoms with Gasteiger partial charge >= 0.3 is 0 Å². The van der Waals surface area contributed by atoms with Crippen molar-refractivity contribution in [3.05, 3.63) is 59.4 Å². The van der Waals surface area contributed by atoms with Crippen molar-refractivity contribution in [2.75, 3.05) is 0 Å². The van der Waals surface area contributed by atoms with Crippen LogP contribution in [-0.4, -0.2) is 9.55 Å². The second-order valence-electron chi connectivity index (χ2n) is 4.78. The Balaban J connectivity index is 2.36. The second kappa shape index (κ2) is 4.71. The van der Waals surface area contributed by atoms with E-state index in [4.69, 9.17) is 11.6 Å². The lowest BCUT2D eigenvalue weighted by molar-refractivity contribution is 0.980. The summed E-state index contributed by atoms with van der Waals surface area (Å²) in [5.74, 6) is 1.29. The summed E-state index contributed by atoms with van der Waals surface area (Å²) >= 11 is 6.06. The molecule has 3 aromatic rings. The minimum absolute atomic E-state index is 0.405. The standard InChI is InChI=1S/C16H15ClN2/c1-11-5-3-7-13(9-11)19-14-8-4-6-12(2)16(14)18-15(19)10-17/h3-9H,10H2,1-2H3. The van der Waals surface area contributed by atoms with Crippen molar-refractivity contribution in [3.8, 4) is 5.69 Å². The number of imidazole rings is 1. The lowest BCUT2D eigenvalue weighted by atomic mass is 10.2. The van der Waals surface area contributed by atoms with Crippen molar-refractivity contribution in [1.29, 1.82) is 0 Å². The summed E-state index contributed by atoms with van der Waals surface area (Å²) in [6.45, 7) is 4.17. The minimum Gasteiger partial charge on any atom is -0.295 e. The maximum Gasteiger partial charge on any atom is 0.129 e. The number of alkyl halides is 1. The van der Waals surface area contributed by atoms with E-state index in [2.05, 4.69) is 65.9 Å². The highest BCUT2D eigenvalue weighted by atomic mass is 35.5. The third kappa shape index (κ3) is 2.02. The number of fused-ring (bicyclic) bond motifs is 1. The van der Waals surface area contributed by atoms with Crippen molar-refractivity contribution in [1.82, 2.24) is 9.55 Å². The normalized spacial score (nSPS) is 11.1. The Morgan fingerprint density at radius 3 is 2.63 bits per heavy atom. The Morgan fingerprint density at radius 1 is 1.11 bits per heavy atom. The fraction of sp³-hybridized carbons (Fsp3) is 0.188. The van der Waals surface area contributed by atoms with Gasteiger partial charge < -0.3 is 0 Å². The SMILES string of the molecule is Cc1cccc(-n2c(CCl)nc3c(C)cccc32)c1. The van der Waals surface area contributed by atoms with Gasteiger partial charge in [0.2, 0.25) is 0 Å². The monoisotopic (exact) mass is 270 g/mol. The van der Waals surface area contributed by atoms with Crippen LogP contribution in [0.2, 0.25) is 0 Å². The summed E-state index contributed by atoms with van der Waals surface area (Å²) < 4.78 is 2.14. The molecule has 19 heavy (non-hydrogen) atoms. The number of hydrogen-bond donors (Lipinski definition) is 0. The van der Waals surface area contributed by atoms with Gasteiger partial charge in [0.1, 0.15) is 5.82 Å². The summed E-state index contributed by atoms with van der Waals surface area (Å²) in [7, 11) is 0. The largest absolute Gasteiger partial charge is 0.295 e. The average molecular weight is 271 g/mol. The van der Waals surface area contributed by atoms with Crippen LogP contribution in [-0.2, 0) is 5.88 Å². The van der Waals surface area contributed by atoms with Gasteiger partial charge in [0.25, 0.3) is 0 Å². The highest BCUT2D eigenvalue weighted by Crippen LogP contribution is 2.25. The van der Waals surface area contributed by atoms with Gasteiger partial charge in [-0.2, -0.15) is 0 Å². The van der Waals surface area contributed by atoms with Crippen LogP contribution in [0.25, 0.3) is 16.7 Å². The zero-order chi connectivity index (χ0) is 13.4.